The zero-order valence-corrected chi connectivity index (χ0v) is 10.0. The van der Waals surface area contributed by atoms with E-state index in [1.54, 1.807) is 30.3 Å². The summed E-state index contributed by atoms with van der Waals surface area (Å²) in [5, 5.41) is 5.52. The topological polar surface area (TPSA) is 41.1 Å². The van der Waals surface area contributed by atoms with Crippen LogP contribution in [0.4, 0.5) is 20.6 Å². The van der Waals surface area contributed by atoms with E-state index in [1.165, 1.54) is 18.2 Å². The largest absolute Gasteiger partial charge is 0.323 e. The van der Waals surface area contributed by atoms with Crippen molar-refractivity contribution in [2.45, 2.75) is 0 Å². The fourth-order valence-electron chi connectivity index (χ4n) is 1.41. The number of benzene rings is 2. The van der Waals surface area contributed by atoms with Crippen molar-refractivity contribution >= 4 is 29.0 Å². The van der Waals surface area contributed by atoms with Crippen molar-refractivity contribution in [1.82, 2.24) is 0 Å². The summed E-state index contributed by atoms with van der Waals surface area (Å²) in [5.41, 5.74) is 0.868. The Morgan fingerprint density at radius 2 is 1.83 bits per heavy atom. The SMILES string of the molecule is O=C(Nc1cccc(F)c1)Nc1ccccc1Cl. The van der Waals surface area contributed by atoms with E-state index in [4.69, 9.17) is 11.6 Å². The lowest BCUT2D eigenvalue weighted by molar-refractivity contribution is 0.262. The molecule has 2 N–H and O–H groups in total. The van der Waals surface area contributed by atoms with E-state index in [2.05, 4.69) is 10.6 Å². The molecule has 0 heterocycles. The molecule has 0 aromatic heterocycles. The van der Waals surface area contributed by atoms with Gasteiger partial charge in [0, 0.05) is 5.69 Å². The van der Waals surface area contributed by atoms with Crippen molar-refractivity contribution < 1.29 is 9.18 Å². The van der Waals surface area contributed by atoms with Gasteiger partial charge in [-0.05, 0) is 30.3 Å². The summed E-state index contributed by atoms with van der Waals surface area (Å²) in [4.78, 5) is 11.6. The number of hydrogen-bond donors (Lipinski definition) is 2. The highest BCUT2D eigenvalue weighted by molar-refractivity contribution is 6.33. The second kappa shape index (κ2) is 5.51. The Kier molecular flexibility index (Phi) is 3.79. The second-order valence-corrected chi connectivity index (χ2v) is 3.98. The van der Waals surface area contributed by atoms with Crippen LogP contribution in [0, 0.1) is 5.82 Å². The molecule has 0 aliphatic carbocycles. The molecule has 0 spiro atoms. The molecule has 2 aromatic rings. The first kappa shape index (κ1) is 12.4. The zero-order chi connectivity index (χ0) is 13.0. The average Bonchev–Trinajstić information content (AvgIpc) is 2.32. The fourth-order valence-corrected chi connectivity index (χ4v) is 1.60. The molecule has 0 fully saturated rings. The van der Waals surface area contributed by atoms with Crippen molar-refractivity contribution in [2.24, 2.45) is 0 Å². The van der Waals surface area contributed by atoms with Crippen LogP contribution in [0.1, 0.15) is 0 Å². The highest BCUT2D eigenvalue weighted by Gasteiger charge is 2.05. The predicted octanol–water partition coefficient (Wildman–Crippen LogP) is 4.12. The van der Waals surface area contributed by atoms with Gasteiger partial charge in [-0.2, -0.15) is 0 Å². The molecule has 0 saturated heterocycles. The first-order valence-corrected chi connectivity index (χ1v) is 5.61. The molecule has 18 heavy (non-hydrogen) atoms. The van der Waals surface area contributed by atoms with Gasteiger partial charge >= 0.3 is 6.03 Å². The molecule has 0 aliphatic heterocycles. The number of amides is 2. The van der Waals surface area contributed by atoms with Gasteiger partial charge in [0.15, 0.2) is 0 Å². The molecule has 0 atom stereocenters. The number of rotatable bonds is 2. The van der Waals surface area contributed by atoms with E-state index in [0.717, 1.165) is 0 Å². The van der Waals surface area contributed by atoms with Crippen LogP contribution in [-0.4, -0.2) is 6.03 Å². The minimum atomic E-state index is -0.478. The van der Waals surface area contributed by atoms with E-state index in [0.29, 0.717) is 16.4 Å². The van der Waals surface area contributed by atoms with Crippen LogP contribution < -0.4 is 10.6 Å². The van der Waals surface area contributed by atoms with Crippen LogP contribution in [0.15, 0.2) is 48.5 Å². The van der Waals surface area contributed by atoms with Crippen LogP contribution >= 0.6 is 11.6 Å². The highest BCUT2D eigenvalue weighted by atomic mass is 35.5. The Labute approximate surface area is 109 Å². The molecule has 92 valence electrons. The first-order chi connectivity index (χ1) is 8.65. The van der Waals surface area contributed by atoms with Crippen LogP contribution in [0.25, 0.3) is 0 Å². The zero-order valence-electron chi connectivity index (χ0n) is 9.28. The fraction of sp³-hybridized carbons (Fsp3) is 0. The van der Waals surface area contributed by atoms with Gasteiger partial charge in [0.1, 0.15) is 5.82 Å². The molecule has 0 aliphatic rings. The summed E-state index contributed by atoms with van der Waals surface area (Å²) >= 11 is 5.89. The van der Waals surface area contributed by atoms with E-state index >= 15 is 0 Å². The van der Waals surface area contributed by atoms with Gasteiger partial charge in [-0.3, -0.25) is 0 Å². The maximum atomic E-state index is 12.9. The van der Waals surface area contributed by atoms with Crippen molar-refractivity contribution in [3.05, 3.63) is 59.4 Å². The average molecular weight is 265 g/mol. The van der Waals surface area contributed by atoms with Gasteiger partial charge in [-0.1, -0.05) is 29.8 Å². The van der Waals surface area contributed by atoms with E-state index in [9.17, 15) is 9.18 Å². The summed E-state index contributed by atoms with van der Waals surface area (Å²) < 4.78 is 12.9. The number of hydrogen-bond acceptors (Lipinski definition) is 1. The molecule has 0 bridgehead atoms. The Morgan fingerprint density at radius 3 is 2.56 bits per heavy atom. The van der Waals surface area contributed by atoms with Crippen LogP contribution in [0.3, 0.4) is 0 Å². The number of halogens is 2. The third kappa shape index (κ3) is 3.21. The molecular weight excluding hydrogens is 255 g/mol. The molecule has 0 radical (unpaired) electrons. The van der Waals surface area contributed by atoms with Crippen molar-refractivity contribution in [2.75, 3.05) is 10.6 Å². The Balaban J connectivity index is 2.03. The van der Waals surface area contributed by atoms with Crippen molar-refractivity contribution in [1.29, 1.82) is 0 Å². The number of para-hydroxylation sites is 1. The minimum Gasteiger partial charge on any atom is -0.308 e. The van der Waals surface area contributed by atoms with E-state index in [1.807, 2.05) is 0 Å². The second-order valence-electron chi connectivity index (χ2n) is 3.57. The molecule has 3 nitrogen and oxygen atoms in total. The Morgan fingerprint density at radius 1 is 1.06 bits per heavy atom. The number of carbonyl (C=O) groups is 1. The highest BCUT2D eigenvalue weighted by Crippen LogP contribution is 2.20. The van der Waals surface area contributed by atoms with Crippen LogP contribution in [-0.2, 0) is 0 Å². The van der Waals surface area contributed by atoms with E-state index < -0.39 is 11.8 Å². The minimum absolute atomic E-state index is 0.375. The van der Waals surface area contributed by atoms with Crippen molar-refractivity contribution in [3.63, 3.8) is 0 Å². The monoisotopic (exact) mass is 264 g/mol. The normalized spacial score (nSPS) is 9.89. The lowest BCUT2D eigenvalue weighted by Crippen LogP contribution is -2.19. The van der Waals surface area contributed by atoms with Gasteiger partial charge in [-0.15, -0.1) is 0 Å². The molecule has 5 heteroatoms. The number of urea groups is 1. The summed E-state index contributed by atoms with van der Waals surface area (Å²) in [7, 11) is 0. The maximum absolute atomic E-state index is 12.9. The summed E-state index contributed by atoms with van der Waals surface area (Å²) in [6.45, 7) is 0. The third-order valence-corrected chi connectivity index (χ3v) is 2.53. The number of anilines is 2. The Bertz CT molecular complexity index is 574. The van der Waals surface area contributed by atoms with E-state index in [-0.39, 0.29) is 0 Å². The molecule has 2 aromatic carbocycles. The van der Waals surface area contributed by atoms with Crippen LogP contribution in [0.5, 0.6) is 0 Å². The molecule has 2 amide bonds. The lowest BCUT2D eigenvalue weighted by atomic mass is 10.3. The smallest absolute Gasteiger partial charge is 0.308 e. The summed E-state index contributed by atoms with van der Waals surface area (Å²) in [6, 6.07) is 12.0. The van der Waals surface area contributed by atoms with Gasteiger partial charge in [0.05, 0.1) is 10.7 Å². The standard InChI is InChI=1S/C13H10ClFN2O/c14-11-6-1-2-7-12(11)17-13(18)16-10-5-3-4-9(15)8-10/h1-8H,(H2,16,17,18). The molecular formula is C13H10ClFN2O. The lowest BCUT2D eigenvalue weighted by Gasteiger charge is -2.08. The van der Waals surface area contributed by atoms with Gasteiger partial charge in [0.2, 0.25) is 0 Å². The predicted molar refractivity (Wildman–Crippen MR) is 70.5 cm³/mol. The molecule has 0 unspecified atom stereocenters. The van der Waals surface area contributed by atoms with Gasteiger partial charge in [0.25, 0.3) is 0 Å². The van der Waals surface area contributed by atoms with Crippen molar-refractivity contribution in [3.8, 4) is 0 Å². The third-order valence-electron chi connectivity index (χ3n) is 2.20. The number of nitrogens with one attached hydrogen (secondary N) is 2. The summed E-state index contributed by atoms with van der Waals surface area (Å²) in [5.74, 6) is -0.412. The first-order valence-electron chi connectivity index (χ1n) is 5.23. The van der Waals surface area contributed by atoms with Crippen LogP contribution in [0.2, 0.25) is 5.02 Å². The quantitative estimate of drug-likeness (QED) is 0.841. The van der Waals surface area contributed by atoms with Gasteiger partial charge in [-0.25, -0.2) is 9.18 Å². The molecule has 0 saturated carbocycles. The Hall–Kier alpha value is -2.07. The number of carbonyl (C=O) groups excluding carboxylic acids is 1. The molecule has 2 rings (SSSR count). The van der Waals surface area contributed by atoms with Gasteiger partial charge < -0.3 is 10.6 Å². The summed E-state index contributed by atoms with van der Waals surface area (Å²) in [6.07, 6.45) is 0. The maximum Gasteiger partial charge on any atom is 0.323 e.